The molecule has 1 nitrogen and oxygen atoms in total. The Kier molecular flexibility index (Phi) is 5.28. The maximum atomic E-state index is 11.0. The number of benzene rings is 1. The molecule has 1 N–H and O–H groups in total. The van der Waals surface area contributed by atoms with Gasteiger partial charge in [0.2, 0.25) is 0 Å². The van der Waals surface area contributed by atoms with Crippen LogP contribution in [0.5, 0.6) is 0 Å². The van der Waals surface area contributed by atoms with Gasteiger partial charge in [0, 0.05) is 16.5 Å². The highest BCUT2D eigenvalue weighted by Crippen LogP contribution is 2.41. The molecule has 1 saturated carbocycles. The maximum Gasteiger partial charge on any atom is 0.0688 e. The summed E-state index contributed by atoms with van der Waals surface area (Å²) in [7, 11) is 0. The average Bonchev–Trinajstić information content (AvgIpc) is 2.55. The van der Waals surface area contributed by atoms with E-state index in [9.17, 15) is 5.11 Å². The highest BCUT2D eigenvalue weighted by Gasteiger charge is 2.35. The Bertz CT molecular complexity index is 492. The van der Waals surface area contributed by atoms with Crippen molar-refractivity contribution in [1.82, 2.24) is 0 Å². The molecule has 0 bridgehead atoms. The molecule has 21 heavy (non-hydrogen) atoms. The van der Waals surface area contributed by atoms with E-state index in [-0.39, 0.29) is 0 Å². The van der Waals surface area contributed by atoms with Gasteiger partial charge in [0.1, 0.15) is 0 Å². The van der Waals surface area contributed by atoms with Gasteiger partial charge in [-0.1, -0.05) is 56.5 Å². The lowest BCUT2D eigenvalue weighted by atomic mass is 9.76. The van der Waals surface area contributed by atoms with Gasteiger partial charge in [0.05, 0.1) is 5.60 Å². The summed E-state index contributed by atoms with van der Waals surface area (Å²) in [4.78, 5) is 0. The first kappa shape index (κ1) is 17.1. The molecule has 2 atom stereocenters. The molecule has 0 saturated heterocycles. The molecule has 0 radical (unpaired) electrons. The summed E-state index contributed by atoms with van der Waals surface area (Å²) in [6.07, 6.45) is 5.72. The summed E-state index contributed by atoms with van der Waals surface area (Å²) in [6.45, 7) is 6.91. The number of halogens is 2. The van der Waals surface area contributed by atoms with Gasteiger partial charge in [-0.05, 0) is 54.7 Å². The molecule has 2 unspecified atom stereocenters. The summed E-state index contributed by atoms with van der Waals surface area (Å²) in [5.74, 6) is 0.687. The molecule has 0 spiro atoms. The van der Waals surface area contributed by atoms with Crippen molar-refractivity contribution in [2.24, 2.45) is 11.3 Å². The molecule has 1 aromatic carbocycles. The van der Waals surface area contributed by atoms with Crippen LogP contribution in [0.1, 0.15) is 58.4 Å². The minimum Gasteiger partial charge on any atom is -0.390 e. The second-order valence-electron chi connectivity index (χ2n) is 7.63. The molecular formula is C18H26Cl2O. The van der Waals surface area contributed by atoms with Gasteiger partial charge in [-0.25, -0.2) is 0 Å². The van der Waals surface area contributed by atoms with Crippen molar-refractivity contribution in [3.05, 3.63) is 33.8 Å². The van der Waals surface area contributed by atoms with Crippen molar-refractivity contribution in [2.45, 2.75) is 64.9 Å². The van der Waals surface area contributed by atoms with Crippen molar-refractivity contribution in [1.29, 1.82) is 0 Å². The summed E-state index contributed by atoms with van der Waals surface area (Å²) >= 11 is 12.2. The zero-order valence-electron chi connectivity index (χ0n) is 13.3. The fraction of sp³-hybridized carbons (Fsp3) is 0.667. The monoisotopic (exact) mass is 328 g/mol. The summed E-state index contributed by atoms with van der Waals surface area (Å²) in [5.41, 5.74) is 0.693. The van der Waals surface area contributed by atoms with E-state index in [0.717, 1.165) is 31.2 Å². The van der Waals surface area contributed by atoms with Crippen LogP contribution in [0, 0.1) is 11.3 Å². The normalized spacial score (nSPS) is 27.4. The molecule has 0 heterocycles. The standard InChI is InChI=1S/C18H26Cl2O/c1-17(2,3)14-5-4-9-18(21,10-8-14)12-13-6-7-15(19)11-16(13)20/h6-7,11,14,21H,4-5,8-10,12H2,1-3H3. The second-order valence-corrected chi connectivity index (χ2v) is 8.47. The van der Waals surface area contributed by atoms with Crippen molar-refractivity contribution >= 4 is 23.2 Å². The van der Waals surface area contributed by atoms with E-state index in [1.54, 1.807) is 6.07 Å². The lowest BCUT2D eigenvalue weighted by molar-refractivity contribution is 0.0225. The van der Waals surface area contributed by atoms with Crippen LogP contribution >= 0.6 is 23.2 Å². The summed E-state index contributed by atoms with van der Waals surface area (Å²) < 4.78 is 0. The zero-order chi connectivity index (χ0) is 15.7. The fourth-order valence-electron chi connectivity index (χ4n) is 3.45. The average molecular weight is 329 g/mol. The van der Waals surface area contributed by atoms with Gasteiger partial charge in [-0.3, -0.25) is 0 Å². The minimum atomic E-state index is -0.628. The van der Waals surface area contributed by atoms with Gasteiger partial charge < -0.3 is 5.11 Å². The largest absolute Gasteiger partial charge is 0.390 e. The predicted molar refractivity (Wildman–Crippen MR) is 91.1 cm³/mol. The van der Waals surface area contributed by atoms with Gasteiger partial charge in [0.25, 0.3) is 0 Å². The molecule has 0 amide bonds. The second kappa shape index (κ2) is 6.48. The predicted octanol–water partition coefficient (Wildman–Crippen LogP) is 5.89. The molecule has 3 heteroatoms. The van der Waals surface area contributed by atoms with Crippen LogP contribution in [0.15, 0.2) is 18.2 Å². The van der Waals surface area contributed by atoms with E-state index in [2.05, 4.69) is 20.8 Å². The lowest BCUT2D eigenvalue weighted by Gasteiger charge is -2.31. The van der Waals surface area contributed by atoms with Crippen LogP contribution in [-0.4, -0.2) is 10.7 Å². The van der Waals surface area contributed by atoms with Gasteiger partial charge >= 0.3 is 0 Å². The number of hydrogen-bond acceptors (Lipinski definition) is 1. The van der Waals surface area contributed by atoms with E-state index < -0.39 is 5.60 Å². The first-order valence-electron chi connectivity index (χ1n) is 7.86. The Balaban J connectivity index is 2.08. The van der Waals surface area contributed by atoms with Crippen molar-refractivity contribution in [2.75, 3.05) is 0 Å². The van der Waals surface area contributed by atoms with Crippen LogP contribution in [-0.2, 0) is 6.42 Å². The highest BCUT2D eigenvalue weighted by molar-refractivity contribution is 6.35. The number of aliphatic hydroxyl groups is 1. The molecule has 1 fully saturated rings. The van der Waals surface area contributed by atoms with Crippen LogP contribution in [0.25, 0.3) is 0 Å². The molecule has 1 aliphatic carbocycles. The molecule has 118 valence electrons. The fourth-order valence-corrected chi connectivity index (χ4v) is 3.93. The first-order chi connectivity index (χ1) is 9.70. The topological polar surface area (TPSA) is 20.2 Å². The Hall–Kier alpha value is -0.240. The third-order valence-corrected chi connectivity index (χ3v) is 5.50. The highest BCUT2D eigenvalue weighted by atomic mass is 35.5. The van der Waals surface area contributed by atoms with E-state index in [1.165, 1.54) is 6.42 Å². The third-order valence-electron chi connectivity index (χ3n) is 4.91. The van der Waals surface area contributed by atoms with E-state index in [0.29, 0.717) is 27.8 Å². The Labute approximate surface area is 138 Å². The van der Waals surface area contributed by atoms with Crippen molar-refractivity contribution in [3.8, 4) is 0 Å². The van der Waals surface area contributed by atoms with E-state index in [4.69, 9.17) is 23.2 Å². The minimum absolute atomic E-state index is 0.323. The van der Waals surface area contributed by atoms with Crippen LogP contribution in [0.3, 0.4) is 0 Å². The van der Waals surface area contributed by atoms with Crippen LogP contribution < -0.4 is 0 Å². The van der Waals surface area contributed by atoms with Gasteiger partial charge in [-0.15, -0.1) is 0 Å². The van der Waals surface area contributed by atoms with E-state index >= 15 is 0 Å². The Morgan fingerprint density at radius 2 is 1.90 bits per heavy atom. The van der Waals surface area contributed by atoms with Crippen LogP contribution in [0.4, 0.5) is 0 Å². The Morgan fingerprint density at radius 3 is 2.52 bits per heavy atom. The lowest BCUT2D eigenvalue weighted by Crippen LogP contribution is -2.31. The molecule has 1 aliphatic rings. The summed E-state index contributed by atoms with van der Waals surface area (Å²) in [5, 5.41) is 12.3. The molecule has 0 aliphatic heterocycles. The molecule has 1 aromatic rings. The SMILES string of the molecule is CC(C)(C)C1CCCC(O)(Cc2ccc(Cl)cc2Cl)CC1. The smallest absolute Gasteiger partial charge is 0.0688 e. The quantitative estimate of drug-likeness (QED) is 0.670. The molecule has 2 rings (SSSR count). The van der Waals surface area contributed by atoms with Gasteiger partial charge in [0.15, 0.2) is 0 Å². The van der Waals surface area contributed by atoms with Crippen molar-refractivity contribution < 1.29 is 5.11 Å². The number of hydrogen-bond donors (Lipinski definition) is 1. The van der Waals surface area contributed by atoms with Crippen LogP contribution in [0.2, 0.25) is 10.0 Å². The van der Waals surface area contributed by atoms with Gasteiger partial charge in [-0.2, -0.15) is 0 Å². The van der Waals surface area contributed by atoms with E-state index in [1.807, 2.05) is 12.1 Å². The zero-order valence-corrected chi connectivity index (χ0v) is 14.8. The number of rotatable bonds is 2. The van der Waals surface area contributed by atoms with Crippen molar-refractivity contribution in [3.63, 3.8) is 0 Å². The Morgan fingerprint density at radius 1 is 1.19 bits per heavy atom. The third kappa shape index (κ3) is 4.61. The molecule has 0 aromatic heterocycles. The maximum absolute atomic E-state index is 11.0. The molecular weight excluding hydrogens is 303 g/mol. The first-order valence-corrected chi connectivity index (χ1v) is 8.61. The summed E-state index contributed by atoms with van der Waals surface area (Å²) in [6, 6.07) is 5.55.